The smallest absolute Gasteiger partial charge is 0.256 e. The van der Waals surface area contributed by atoms with Gasteiger partial charge in [0.2, 0.25) is 0 Å². The molecule has 3 nitrogen and oxygen atoms in total. The Kier molecular flexibility index (Phi) is 6.14. The summed E-state index contributed by atoms with van der Waals surface area (Å²) in [6.45, 7) is 13.7. The van der Waals surface area contributed by atoms with Crippen LogP contribution in [0, 0.1) is 0 Å². The topological polar surface area (TPSA) is 42.1 Å². The highest BCUT2D eigenvalue weighted by molar-refractivity contribution is 6.74. The Hall–Kier alpha value is -3.21. The second kappa shape index (κ2) is 9.02. The van der Waals surface area contributed by atoms with Gasteiger partial charge in [-0.3, -0.25) is 4.79 Å². The molecule has 1 heterocycles. The third-order valence-corrected chi connectivity index (χ3v) is 12.4. The second-order valence-electron chi connectivity index (χ2n) is 11.5. The van der Waals surface area contributed by atoms with Crippen molar-refractivity contribution in [3.8, 4) is 11.1 Å². The number of aromatic nitrogens is 1. The summed E-state index contributed by atoms with van der Waals surface area (Å²) in [5.41, 5.74) is 4.35. The maximum absolute atomic E-state index is 13.0. The van der Waals surface area contributed by atoms with Crippen molar-refractivity contribution in [2.24, 2.45) is 0 Å². The number of fused-ring (bicyclic) bond motifs is 5. The lowest BCUT2D eigenvalue weighted by atomic mass is 9.92. The third-order valence-electron chi connectivity index (χ3n) is 7.80. The van der Waals surface area contributed by atoms with Crippen molar-refractivity contribution >= 4 is 40.8 Å². The molecule has 0 radical (unpaired) electrons. The number of hydrogen-bond acceptors (Lipinski definition) is 2. The minimum absolute atomic E-state index is 0.0502. The Morgan fingerprint density at radius 2 is 1.61 bits per heavy atom. The van der Waals surface area contributed by atoms with E-state index in [4.69, 9.17) is 4.43 Å². The minimum atomic E-state index is -1.83. The molecule has 1 aromatic heterocycles. The van der Waals surface area contributed by atoms with Crippen LogP contribution in [0.3, 0.4) is 0 Å². The second-order valence-corrected chi connectivity index (χ2v) is 16.2. The molecule has 0 aliphatic carbocycles. The maximum atomic E-state index is 13.0. The van der Waals surface area contributed by atoms with Crippen LogP contribution in [0.15, 0.2) is 83.7 Å². The van der Waals surface area contributed by atoms with Crippen molar-refractivity contribution < 1.29 is 4.43 Å². The van der Waals surface area contributed by atoms with E-state index in [1.807, 2.05) is 36.4 Å². The Morgan fingerprint density at radius 3 is 2.39 bits per heavy atom. The fourth-order valence-corrected chi connectivity index (χ4v) is 6.45. The van der Waals surface area contributed by atoms with Gasteiger partial charge in [0.1, 0.15) is 0 Å². The van der Waals surface area contributed by atoms with Gasteiger partial charge >= 0.3 is 0 Å². The number of benzene rings is 4. The summed E-state index contributed by atoms with van der Waals surface area (Å²) in [7, 11) is -1.83. The number of hydrogen-bond donors (Lipinski definition) is 1. The van der Waals surface area contributed by atoms with Crippen LogP contribution in [-0.2, 0) is 10.8 Å². The van der Waals surface area contributed by atoms with E-state index in [1.54, 1.807) is 0 Å². The molecule has 0 bridgehead atoms. The standard InChI is InChI=1S/C32H35NO2Si/c1-21(35-36(5,6)32(2,3)4)19-22-11-9-13-24(20-22)26-15-10-16-28-30(26)29-25-14-8-7-12-23(25)17-18-27(29)31(34)33-28/h7-18,20-21H,19H2,1-6H3,(H,33,34)/t21-/m0/s1. The summed E-state index contributed by atoms with van der Waals surface area (Å²) in [4.78, 5) is 16.1. The third kappa shape index (κ3) is 4.40. The average Bonchev–Trinajstić information content (AvgIpc) is 2.82. The zero-order valence-electron chi connectivity index (χ0n) is 22.1. The molecule has 0 unspecified atom stereocenters. The summed E-state index contributed by atoms with van der Waals surface area (Å²) < 4.78 is 6.64. The molecule has 5 rings (SSSR count). The Balaban J connectivity index is 1.63. The fraction of sp³-hybridized carbons (Fsp3) is 0.281. The van der Waals surface area contributed by atoms with Crippen LogP contribution in [0.4, 0.5) is 0 Å². The summed E-state index contributed by atoms with van der Waals surface area (Å²) >= 11 is 0. The van der Waals surface area contributed by atoms with Crippen molar-refractivity contribution in [3.63, 3.8) is 0 Å². The Bertz CT molecular complexity index is 1640. The van der Waals surface area contributed by atoms with Gasteiger partial charge in [0, 0.05) is 27.8 Å². The predicted octanol–water partition coefficient (Wildman–Crippen LogP) is 8.45. The molecule has 0 aliphatic rings. The molecular weight excluding hydrogens is 458 g/mol. The SMILES string of the molecule is C[C@@H](Cc1cccc(-c2cccc3[nH]c(=O)c4ccc5ccccc5c4c23)c1)O[Si](C)(C)C(C)(C)C. The van der Waals surface area contributed by atoms with Gasteiger partial charge in [-0.2, -0.15) is 0 Å². The van der Waals surface area contributed by atoms with Crippen LogP contribution >= 0.6 is 0 Å². The molecule has 0 fully saturated rings. The van der Waals surface area contributed by atoms with Crippen LogP contribution in [0.25, 0.3) is 43.6 Å². The molecular formula is C32H35NO2Si. The van der Waals surface area contributed by atoms with Gasteiger partial charge in [-0.15, -0.1) is 0 Å². The van der Waals surface area contributed by atoms with Crippen molar-refractivity contribution in [2.45, 2.75) is 58.4 Å². The highest BCUT2D eigenvalue weighted by atomic mass is 28.4. The highest BCUT2D eigenvalue weighted by Gasteiger charge is 2.38. The first kappa shape index (κ1) is 24.5. The van der Waals surface area contributed by atoms with Crippen molar-refractivity contribution in [1.29, 1.82) is 0 Å². The Morgan fingerprint density at radius 1 is 0.861 bits per heavy atom. The quantitative estimate of drug-likeness (QED) is 0.197. The van der Waals surface area contributed by atoms with E-state index < -0.39 is 8.32 Å². The van der Waals surface area contributed by atoms with E-state index in [0.29, 0.717) is 0 Å². The largest absolute Gasteiger partial charge is 0.414 e. The lowest BCUT2D eigenvalue weighted by Crippen LogP contribution is -2.43. The van der Waals surface area contributed by atoms with Gasteiger partial charge in [-0.25, -0.2) is 0 Å². The number of H-pyrrole nitrogens is 1. The first-order valence-corrected chi connectivity index (χ1v) is 15.7. The number of pyridine rings is 1. The van der Waals surface area contributed by atoms with Gasteiger partial charge in [0.15, 0.2) is 8.32 Å². The van der Waals surface area contributed by atoms with E-state index in [2.05, 4.69) is 88.2 Å². The van der Waals surface area contributed by atoms with Crippen molar-refractivity contribution in [2.75, 3.05) is 0 Å². The summed E-state index contributed by atoms with van der Waals surface area (Å²) in [6, 6.07) is 27.2. The molecule has 184 valence electrons. The monoisotopic (exact) mass is 493 g/mol. The van der Waals surface area contributed by atoms with Crippen LogP contribution in [0.1, 0.15) is 33.3 Å². The summed E-state index contributed by atoms with van der Waals surface area (Å²) in [5, 5.41) is 5.26. The molecule has 0 spiro atoms. The molecule has 0 amide bonds. The normalized spacial score (nSPS) is 13.5. The van der Waals surface area contributed by atoms with E-state index in [0.717, 1.165) is 50.0 Å². The molecule has 0 aliphatic heterocycles. The van der Waals surface area contributed by atoms with E-state index in [1.165, 1.54) is 5.56 Å². The summed E-state index contributed by atoms with van der Waals surface area (Å²) in [5.74, 6) is 0. The van der Waals surface area contributed by atoms with Gasteiger partial charge in [0.25, 0.3) is 5.56 Å². The van der Waals surface area contributed by atoms with Crippen LogP contribution < -0.4 is 5.56 Å². The summed E-state index contributed by atoms with van der Waals surface area (Å²) in [6.07, 6.45) is 1.01. The molecule has 4 heteroatoms. The van der Waals surface area contributed by atoms with Crippen molar-refractivity contribution in [3.05, 3.63) is 94.8 Å². The molecule has 1 N–H and O–H groups in total. The molecule has 0 saturated heterocycles. The lowest BCUT2D eigenvalue weighted by Gasteiger charge is -2.38. The minimum Gasteiger partial charge on any atom is -0.414 e. The fourth-order valence-electron chi connectivity index (χ4n) is 5.01. The lowest BCUT2D eigenvalue weighted by molar-refractivity contribution is 0.199. The van der Waals surface area contributed by atoms with Gasteiger partial charge < -0.3 is 9.41 Å². The van der Waals surface area contributed by atoms with Crippen LogP contribution in [-0.4, -0.2) is 19.4 Å². The first-order valence-electron chi connectivity index (χ1n) is 12.8. The van der Waals surface area contributed by atoms with E-state index in [-0.39, 0.29) is 16.7 Å². The first-order chi connectivity index (χ1) is 17.0. The molecule has 5 aromatic rings. The number of nitrogens with one attached hydrogen (secondary N) is 1. The van der Waals surface area contributed by atoms with Gasteiger partial charge in [-0.1, -0.05) is 87.5 Å². The molecule has 0 saturated carbocycles. The van der Waals surface area contributed by atoms with Crippen molar-refractivity contribution in [1.82, 2.24) is 4.98 Å². The maximum Gasteiger partial charge on any atom is 0.256 e. The predicted molar refractivity (Wildman–Crippen MR) is 156 cm³/mol. The van der Waals surface area contributed by atoms with Gasteiger partial charge in [0.05, 0.1) is 0 Å². The zero-order valence-corrected chi connectivity index (χ0v) is 23.1. The zero-order chi connectivity index (χ0) is 25.7. The number of rotatable bonds is 5. The van der Waals surface area contributed by atoms with E-state index >= 15 is 0 Å². The average molecular weight is 494 g/mol. The Labute approximate surface area is 214 Å². The number of aromatic amines is 1. The highest BCUT2D eigenvalue weighted by Crippen LogP contribution is 2.38. The van der Waals surface area contributed by atoms with Gasteiger partial charge in [-0.05, 0) is 71.1 Å². The molecule has 36 heavy (non-hydrogen) atoms. The van der Waals surface area contributed by atoms with Crippen LogP contribution in [0.5, 0.6) is 0 Å². The molecule has 4 aromatic carbocycles. The van der Waals surface area contributed by atoms with Crippen LogP contribution in [0.2, 0.25) is 18.1 Å². The molecule has 1 atom stereocenters. The van der Waals surface area contributed by atoms with E-state index in [9.17, 15) is 4.79 Å².